The molecule has 3 rings (SSSR count). The van der Waals surface area contributed by atoms with Gasteiger partial charge in [0.15, 0.2) is 6.10 Å². The number of halogens is 3. The van der Waals surface area contributed by atoms with Gasteiger partial charge < -0.3 is 5.11 Å². The predicted octanol–water partition coefficient (Wildman–Crippen LogP) is 4.59. The lowest BCUT2D eigenvalue weighted by molar-refractivity contribution is -0.205. The molecule has 0 bridgehead atoms. The highest BCUT2D eigenvalue weighted by molar-refractivity contribution is 6.02. The van der Waals surface area contributed by atoms with E-state index in [9.17, 15) is 18.3 Å². The molecule has 3 aromatic carbocycles. The van der Waals surface area contributed by atoms with Crippen molar-refractivity contribution in [3.63, 3.8) is 0 Å². The minimum Gasteiger partial charge on any atom is -0.379 e. The molecule has 1 nitrogen and oxygen atoms in total. The Labute approximate surface area is 113 Å². The van der Waals surface area contributed by atoms with E-state index in [-0.39, 0.29) is 5.56 Å². The average Bonchev–Trinajstić information content (AvgIpc) is 2.43. The van der Waals surface area contributed by atoms with Gasteiger partial charge in [-0.25, -0.2) is 0 Å². The average molecular weight is 276 g/mol. The standard InChI is InChI=1S/C16H11F3O/c17-16(18,19)15(20)14-12-7-3-1-5-10(12)9-11-6-2-4-8-13(11)14/h1-9,15,20H/t15-/m1/s1. The fourth-order valence-electron chi connectivity index (χ4n) is 2.51. The first-order chi connectivity index (χ1) is 9.48. The highest BCUT2D eigenvalue weighted by atomic mass is 19.4. The van der Waals surface area contributed by atoms with Gasteiger partial charge in [0, 0.05) is 5.56 Å². The summed E-state index contributed by atoms with van der Waals surface area (Å²) in [6.45, 7) is 0. The third kappa shape index (κ3) is 2.02. The van der Waals surface area contributed by atoms with E-state index < -0.39 is 12.3 Å². The van der Waals surface area contributed by atoms with Crippen LogP contribution >= 0.6 is 0 Å². The molecule has 3 aromatic rings. The lowest BCUT2D eigenvalue weighted by Gasteiger charge is -2.19. The summed E-state index contributed by atoms with van der Waals surface area (Å²) < 4.78 is 38.8. The lowest BCUT2D eigenvalue weighted by atomic mass is 9.93. The molecule has 0 saturated carbocycles. The summed E-state index contributed by atoms with van der Waals surface area (Å²) in [5.74, 6) is 0. The molecule has 1 N–H and O–H groups in total. The van der Waals surface area contributed by atoms with E-state index in [0.717, 1.165) is 0 Å². The molecule has 0 radical (unpaired) electrons. The number of fused-ring (bicyclic) bond motifs is 2. The van der Waals surface area contributed by atoms with Crippen molar-refractivity contribution in [3.8, 4) is 0 Å². The maximum atomic E-state index is 12.9. The van der Waals surface area contributed by atoms with Crippen LogP contribution in [0.2, 0.25) is 0 Å². The molecule has 0 aromatic heterocycles. The van der Waals surface area contributed by atoms with Crippen molar-refractivity contribution in [3.05, 3.63) is 60.2 Å². The first-order valence-corrected chi connectivity index (χ1v) is 6.13. The molecule has 0 saturated heterocycles. The molecular formula is C16H11F3O. The van der Waals surface area contributed by atoms with Gasteiger partial charge in [0.05, 0.1) is 0 Å². The second-order valence-electron chi connectivity index (χ2n) is 4.68. The van der Waals surface area contributed by atoms with Crippen LogP contribution in [0, 0.1) is 0 Å². The van der Waals surface area contributed by atoms with Crippen molar-refractivity contribution in [1.29, 1.82) is 0 Å². The van der Waals surface area contributed by atoms with Crippen molar-refractivity contribution < 1.29 is 18.3 Å². The Morgan fingerprint density at radius 2 is 1.25 bits per heavy atom. The summed E-state index contributed by atoms with van der Waals surface area (Å²) in [6, 6.07) is 15.4. The minimum atomic E-state index is -4.69. The molecule has 0 fully saturated rings. The summed E-state index contributed by atoms with van der Waals surface area (Å²) in [4.78, 5) is 0. The summed E-state index contributed by atoms with van der Waals surface area (Å²) in [7, 11) is 0. The number of benzene rings is 3. The molecule has 0 spiro atoms. The van der Waals surface area contributed by atoms with Gasteiger partial charge in [-0.1, -0.05) is 48.5 Å². The Hall–Kier alpha value is -2.07. The predicted molar refractivity (Wildman–Crippen MR) is 72.5 cm³/mol. The van der Waals surface area contributed by atoms with Gasteiger partial charge in [-0.3, -0.25) is 0 Å². The van der Waals surface area contributed by atoms with E-state index in [1.165, 1.54) is 0 Å². The smallest absolute Gasteiger partial charge is 0.379 e. The minimum absolute atomic E-state index is 0.0776. The Morgan fingerprint density at radius 1 is 0.800 bits per heavy atom. The van der Waals surface area contributed by atoms with Gasteiger partial charge in [-0.15, -0.1) is 0 Å². The van der Waals surface area contributed by atoms with E-state index in [1.807, 2.05) is 6.07 Å². The topological polar surface area (TPSA) is 20.2 Å². The zero-order chi connectivity index (χ0) is 14.3. The molecule has 0 amide bonds. The summed E-state index contributed by atoms with van der Waals surface area (Å²) in [5.41, 5.74) is -0.0776. The van der Waals surface area contributed by atoms with Crippen LogP contribution in [0.5, 0.6) is 0 Å². The van der Waals surface area contributed by atoms with Crippen molar-refractivity contribution >= 4 is 21.5 Å². The van der Waals surface area contributed by atoms with Crippen LogP contribution in [-0.4, -0.2) is 11.3 Å². The maximum Gasteiger partial charge on any atom is 0.418 e. The summed E-state index contributed by atoms with van der Waals surface area (Å²) >= 11 is 0. The first kappa shape index (κ1) is 12.9. The van der Waals surface area contributed by atoms with Crippen LogP contribution in [-0.2, 0) is 0 Å². The number of rotatable bonds is 1. The maximum absolute atomic E-state index is 12.9. The van der Waals surface area contributed by atoms with Gasteiger partial charge >= 0.3 is 6.18 Å². The second kappa shape index (κ2) is 4.49. The lowest BCUT2D eigenvalue weighted by Crippen LogP contribution is -2.20. The third-order valence-electron chi connectivity index (χ3n) is 3.40. The molecule has 0 heterocycles. The first-order valence-electron chi connectivity index (χ1n) is 6.13. The number of hydrogen-bond acceptors (Lipinski definition) is 1. The molecule has 20 heavy (non-hydrogen) atoms. The Bertz CT molecular complexity index is 723. The van der Waals surface area contributed by atoms with Crippen LogP contribution in [0.15, 0.2) is 54.6 Å². The van der Waals surface area contributed by atoms with Gasteiger partial charge in [-0.2, -0.15) is 13.2 Å². The van der Waals surface area contributed by atoms with Crippen LogP contribution < -0.4 is 0 Å². The van der Waals surface area contributed by atoms with E-state index in [4.69, 9.17) is 0 Å². The van der Waals surface area contributed by atoms with Crippen molar-refractivity contribution in [2.24, 2.45) is 0 Å². The van der Waals surface area contributed by atoms with Crippen LogP contribution in [0.4, 0.5) is 13.2 Å². The van der Waals surface area contributed by atoms with E-state index >= 15 is 0 Å². The molecule has 0 aliphatic heterocycles. The summed E-state index contributed by atoms with van der Waals surface area (Å²) in [6.07, 6.45) is -7.18. The van der Waals surface area contributed by atoms with Crippen LogP contribution in [0.25, 0.3) is 21.5 Å². The fourth-order valence-corrected chi connectivity index (χ4v) is 2.51. The number of alkyl halides is 3. The van der Waals surface area contributed by atoms with Crippen LogP contribution in [0.3, 0.4) is 0 Å². The highest BCUT2D eigenvalue weighted by Gasteiger charge is 2.41. The molecule has 0 aliphatic rings. The number of aliphatic hydroxyl groups is 1. The van der Waals surface area contributed by atoms with Crippen molar-refractivity contribution in [1.82, 2.24) is 0 Å². The number of aliphatic hydroxyl groups excluding tert-OH is 1. The van der Waals surface area contributed by atoms with Crippen molar-refractivity contribution in [2.75, 3.05) is 0 Å². The molecule has 102 valence electrons. The largest absolute Gasteiger partial charge is 0.418 e. The monoisotopic (exact) mass is 276 g/mol. The van der Waals surface area contributed by atoms with Gasteiger partial charge in [-0.05, 0) is 27.6 Å². The van der Waals surface area contributed by atoms with Gasteiger partial charge in [0.25, 0.3) is 0 Å². The van der Waals surface area contributed by atoms with E-state index in [0.29, 0.717) is 21.5 Å². The SMILES string of the molecule is O[C@H](c1c2ccccc2cc2ccccc12)C(F)(F)F. The molecular weight excluding hydrogens is 265 g/mol. The highest BCUT2D eigenvalue weighted by Crippen LogP contribution is 2.40. The van der Waals surface area contributed by atoms with Crippen molar-refractivity contribution in [2.45, 2.75) is 12.3 Å². The quantitative estimate of drug-likeness (QED) is 0.644. The van der Waals surface area contributed by atoms with Gasteiger partial charge in [0.1, 0.15) is 0 Å². The Kier molecular flexibility index (Phi) is 2.91. The fraction of sp³-hybridized carbons (Fsp3) is 0.125. The van der Waals surface area contributed by atoms with E-state index in [2.05, 4.69) is 0 Å². The Balaban J connectivity index is 2.45. The molecule has 1 atom stereocenters. The third-order valence-corrected chi connectivity index (χ3v) is 3.40. The Morgan fingerprint density at radius 3 is 1.70 bits per heavy atom. The zero-order valence-electron chi connectivity index (χ0n) is 10.4. The molecule has 0 unspecified atom stereocenters. The normalized spacial score (nSPS) is 13.8. The van der Waals surface area contributed by atoms with Crippen LogP contribution in [0.1, 0.15) is 11.7 Å². The zero-order valence-corrected chi connectivity index (χ0v) is 10.4. The van der Waals surface area contributed by atoms with E-state index in [1.54, 1.807) is 48.5 Å². The second-order valence-corrected chi connectivity index (χ2v) is 4.68. The number of hydrogen-bond donors (Lipinski definition) is 1. The molecule has 4 heteroatoms. The molecule has 0 aliphatic carbocycles. The summed E-state index contributed by atoms with van der Waals surface area (Å²) in [5, 5.41) is 12.0. The van der Waals surface area contributed by atoms with Gasteiger partial charge in [0.2, 0.25) is 0 Å².